The number of hydrogen-bond acceptors (Lipinski definition) is 2. The van der Waals surface area contributed by atoms with Crippen molar-refractivity contribution in [1.82, 2.24) is 5.32 Å². The first kappa shape index (κ1) is 14.5. The zero-order valence-electron chi connectivity index (χ0n) is 11.4. The van der Waals surface area contributed by atoms with Gasteiger partial charge in [0.05, 0.1) is 5.92 Å². The van der Waals surface area contributed by atoms with Gasteiger partial charge in [0.2, 0.25) is 0 Å². The molecule has 3 nitrogen and oxygen atoms in total. The van der Waals surface area contributed by atoms with E-state index in [-0.39, 0.29) is 5.92 Å². The van der Waals surface area contributed by atoms with E-state index in [0.717, 1.165) is 32.2 Å². The maximum atomic E-state index is 10.8. The monoisotopic (exact) mass is 241 g/mol. The maximum absolute atomic E-state index is 10.8. The summed E-state index contributed by atoms with van der Waals surface area (Å²) in [6.45, 7) is 7.80. The molecule has 0 aromatic carbocycles. The molecule has 1 aliphatic carbocycles. The minimum Gasteiger partial charge on any atom is -0.481 e. The summed E-state index contributed by atoms with van der Waals surface area (Å²) >= 11 is 0. The highest BCUT2D eigenvalue weighted by atomic mass is 16.4. The lowest BCUT2D eigenvalue weighted by molar-refractivity contribution is -0.143. The summed E-state index contributed by atoms with van der Waals surface area (Å²) in [5.41, 5.74) is 0. The molecule has 0 heterocycles. The number of carboxylic acid groups (broad SMARTS) is 1. The fourth-order valence-electron chi connectivity index (χ4n) is 2.52. The Bertz CT molecular complexity index is 234. The molecule has 2 atom stereocenters. The molecule has 0 bridgehead atoms. The van der Waals surface area contributed by atoms with Crippen molar-refractivity contribution < 1.29 is 9.90 Å². The van der Waals surface area contributed by atoms with Crippen molar-refractivity contribution >= 4 is 5.97 Å². The Labute approximate surface area is 105 Å². The van der Waals surface area contributed by atoms with Gasteiger partial charge in [0.25, 0.3) is 0 Å². The van der Waals surface area contributed by atoms with Crippen LogP contribution < -0.4 is 5.32 Å². The van der Waals surface area contributed by atoms with E-state index in [1.54, 1.807) is 0 Å². The van der Waals surface area contributed by atoms with E-state index in [1.807, 2.05) is 0 Å². The van der Waals surface area contributed by atoms with Crippen molar-refractivity contribution in [2.75, 3.05) is 6.54 Å². The van der Waals surface area contributed by atoms with Gasteiger partial charge < -0.3 is 10.4 Å². The number of nitrogens with one attached hydrogen (secondary N) is 1. The van der Waals surface area contributed by atoms with E-state index < -0.39 is 5.97 Å². The summed E-state index contributed by atoms with van der Waals surface area (Å²) in [7, 11) is 0. The van der Waals surface area contributed by atoms with Crippen molar-refractivity contribution in [3.63, 3.8) is 0 Å². The molecule has 17 heavy (non-hydrogen) atoms. The van der Waals surface area contributed by atoms with Gasteiger partial charge in [-0.2, -0.15) is 0 Å². The number of aliphatic carboxylic acids is 1. The van der Waals surface area contributed by atoms with Crippen LogP contribution in [0, 0.1) is 17.8 Å². The summed E-state index contributed by atoms with van der Waals surface area (Å²) in [6.07, 6.45) is 5.06. The Morgan fingerprint density at radius 3 is 2.35 bits per heavy atom. The molecule has 1 fully saturated rings. The zero-order valence-corrected chi connectivity index (χ0v) is 11.4. The van der Waals surface area contributed by atoms with Crippen LogP contribution in [-0.2, 0) is 4.79 Å². The predicted molar refractivity (Wildman–Crippen MR) is 70.0 cm³/mol. The van der Waals surface area contributed by atoms with Gasteiger partial charge >= 0.3 is 5.97 Å². The van der Waals surface area contributed by atoms with Crippen molar-refractivity contribution in [1.29, 1.82) is 0 Å². The minimum absolute atomic E-state index is 0.0850. The van der Waals surface area contributed by atoms with Crippen LogP contribution in [0.3, 0.4) is 0 Å². The van der Waals surface area contributed by atoms with Crippen molar-refractivity contribution in [3.8, 4) is 0 Å². The smallest absolute Gasteiger partial charge is 0.306 e. The lowest BCUT2D eigenvalue weighted by atomic mass is 9.82. The molecule has 2 unspecified atom stereocenters. The SMILES string of the molecule is CCC(C)C(C)NCC1CCC(C(=O)O)CC1. The predicted octanol–water partition coefficient (Wildman–Crippen LogP) is 2.90. The summed E-state index contributed by atoms with van der Waals surface area (Å²) in [5, 5.41) is 12.5. The molecule has 0 spiro atoms. The maximum Gasteiger partial charge on any atom is 0.306 e. The second kappa shape index (κ2) is 7.00. The second-order valence-electron chi connectivity index (χ2n) is 5.64. The Morgan fingerprint density at radius 2 is 1.88 bits per heavy atom. The third-order valence-electron chi connectivity index (χ3n) is 4.42. The van der Waals surface area contributed by atoms with Crippen LogP contribution >= 0.6 is 0 Å². The van der Waals surface area contributed by atoms with Crippen LogP contribution in [0.2, 0.25) is 0 Å². The highest BCUT2D eigenvalue weighted by molar-refractivity contribution is 5.69. The summed E-state index contributed by atoms with van der Waals surface area (Å²) in [6, 6.07) is 0.567. The van der Waals surface area contributed by atoms with Crippen LogP contribution in [0.15, 0.2) is 0 Å². The van der Waals surface area contributed by atoms with Gasteiger partial charge in [-0.3, -0.25) is 4.79 Å². The quantitative estimate of drug-likeness (QED) is 0.751. The summed E-state index contributed by atoms with van der Waals surface area (Å²) in [5.74, 6) is 0.699. The second-order valence-corrected chi connectivity index (χ2v) is 5.64. The number of carboxylic acids is 1. The van der Waals surface area contributed by atoms with Crippen LogP contribution in [0.25, 0.3) is 0 Å². The lowest BCUT2D eigenvalue weighted by Crippen LogP contribution is -2.37. The van der Waals surface area contributed by atoms with Gasteiger partial charge in [0, 0.05) is 6.04 Å². The first-order chi connectivity index (χ1) is 8.04. The largest absolute Gasteiger partial charge is 0.481 e. The number of rotatable bonds is 6. The molecule has 0 aliphatic heterocycles. The highest BCUT2D eigenvalue weighted by Gasteiger charge is 2.26. The standard InChI is InChI=1S/C14H27NO2/c1-4-10(2)11(3)15-9-12-5-7-13(8-6-12)14(16)17/h10-13,15H,4-9H2,1-3H3,(H,16,17). The van der Waals surface area contributed by atoms with Crippen molar-refractivity contribution in [3.05, 3.63) is 0 Å². The molecule has 0 amide bonds. The molecule has 100 valence electrons. The Kier molecular flexibility index (Phi) is 5.96. The van der Waals surface area contributed by atoms with Crippen LogP contribution in [-0.4, -0.2) is 23.7 Å². The fraction of sp³-hybridized carbons (Fsp3) is 0.929. The summed E-state index contributed by atoms with van der Waals surface area (Å²) in [4.78, 5) is 10.8. The summed E-state index contributed by atoms with van der Waals surface area (Å²) < 4.78 is 0. The van der Waals surface area contributed by atoms with Crippen molar-refractivity contribution in [2.45, 2.75) is 58.9 Å². The van der Waals surface area contributed by atoms with E-state index in [2.05, 4.69) is 26.1 Å². The van der Waals surface area contributed by atoms with Gasteiger partial charge in [0.15, 0.2) is 0 Å². The normalized spacial score (nSPS) is 28.6. The molecule has 1 saturated carbocycles. The van der Waals surface area contributed by atoms with Crippen molar-refractivity contribution in [2.24, 2.45) is 17.8 Å². The molecule has 3 heteroatoms. The van der Waals surface area contributed by atoms with Crippen LogP contribution in [0.4, 0.5) is 0 Å². The average Bonchev–Trinajstić information content (AvgIpc) is 2.35. The Hall–Kier alpha value is -0.570. The van der Waals surface area contributed by atoms with E-state index in [0.29, 0.717) is 17.9 Å². The molecular weight excluding hydrogens is 214 g/mol. The number of carbonyl (C=O) groups is 1. The molecule has 0 radical (unpaired) electrons. The third-order valence-corrected chi connectivity index (χ3v) is 4.42. The minimum atomic E-state index is -0.607. The molecule has 0 saturated heterocycles. The highest BCUT2D eigenvalue weighted by Crippen LogP contribution is 2.28. The first-order valence-electron chi connectivity index (χ1n) is 7.00. The van der Waals surface area contributed by atoms with Gasteiger partial charge in [-0.05, 0) is 51.0 Å². The van der Waals surface area contributed by atoms with Gasteiger partial charge in [-0.15, -0.1) is 0 Å². The first-order valence-corrected chi connectivity index (χ1v) is 7.00. The molecule has 1 aliphatic rings. The third kappa shape index (κ3) is 4.66. The van der Waals surface area contributed by atoms with Gasteiger partial charge in [0.1, 0.15) is 0 Å². The Balaban J connectivity index is 2.20. The zero-order chi connectivity index (χ0) is 12.8. The van der Waals surface area contributed by atoms with Gasteiger partial charge in [-0.1, -0.05) is 20.3 Å². The van der Waals surface area contributed by atoms with E-state index in [1.165, 1.54) is 6.42 Å². The Morgan fingerprint density at radius 1 is 1.29 bits per heavy atom. The van der Waals surface area contributed by atoms with E-state index in [4.69, 9.17) is 5.11 Å². The average molecular weight is 241 g/mol. The van der Waals surface area contributed by atoms with E-state index in [9.17, 15) is 4.79 Å². The molecule has 2 N–H and O–H groups in total. The fourth-order valence-corrected chi connectivity index (χ4v) is 2.52. The molecular formula is C14H27NO2. The van der Waals surface area contributed by atoms with E-state index >= 15 is 0 Å². The van der Waals surface area contributed by atoms with Crippen LogP contribution in [0.1, 0.15) is 52.9 Å². The van der Waals surface area contributed by atoms with Crippen LogP contribution in [0.5, 0.6) is 0 Å². The van der Waals surface area contributed by atoms with Gasteiger partial charge in [-0.25, -0.2) is 0 Å². The molecule has 0 aromatic rings. The number of hydrogen-bond donors (Lipinski definition) is 2. The molecule has 0 aromatic heterocycles. The molecule has 1 rings (SSSR count). The lowest BCUT2D eigenvalue weighted by Gasteiger charge is -2.28. The topological polar surface area (TPSA) is 49.3 Å².